The molecule has 1 atom stereocenters. The lowest BCUT2D eigenvalue weighted by molar-refractivity contribution is -0.125. The lowest BCUT2D eigenvalue weighted by Crippen LogP contribution is -2.26. The van der Waals surface area contributed by atoms with Gasteiger partial charge in [0.2, 0.25) is 21.6 Å². The first-order valence-corrected chi connectivity index (χ1v) is 16.2. The van der Waals surface area contributed by atoms with Gasteiger partial charge in [-0.2, -0.15) is 0 Å². The minimum atomic E-state index is -3.58. The third kappa shape index (κ3) is 16.7. The molecule has 1 aromatic heterocycles. The number of ether oxygens (including phenoxy) is 3. The molecule has 1 heterocycles. The number of sulfone groups is 1. The number of hydrogen-bond acceptors (Lipinski definition) is 13. The predicted molar refractivity (Wildman–Crippen MR) is 151 cm³/mol. The van der Waals surface area contributed by atoms with Crippen LogP contribution in [-0.2, 0) is 56.4 Å². The summed E-state index contributed by atoms with van der Waals surface area (Å²) in [6.45, 7) is 4.26. The van der Waals surface area contributed by atoms with Gasteiger partial charge in [-0.1, -0.05) is 17.2 Å². The minimum Gasteiger partial charge on any atom is -0.408 e. The van der Waals surface area contributed by atoms with Gasteiger partial charge in [-0.05, 0) is 48.9 Å². The van der Waals surface area contributed by atoms with Crippen LogP contribution in [0.15, 0.2) is 33.9 Å². The number of carbonyl (C=O) groups excluding carboxylic acids is 2. The van der Waals surface area contributed by atoms with Gasteiger partial charge in [0.1, 0.15) is 7.06 Å². The molecular formula is C24H37N4O9PS2. The average Bonchev–Trinajstić information content (AvgIpc) is 3.42. The van der Waals surface area contributed by atoms with Gasteiger partial charge >= 0.3 is 5.22 Å². The van der Waals surface area contributed by atoms with E-state index in [-0.39, 0.29) is 36.8 Å². The fraction of sp³-hybridized carbons (Fsp3) is 0.583. The highest BCUT2D eigenvalue weighted by Gasteiger charge is 2.17. The number of ketones is 1. The molecule has 0 aliphatic heterocycles. The number of amides is 1. The fourth-order valence-electron chi connectivity index (χ4n) is 3.03. The summed E-state index contributed by atoms with van der Waals surface area (Å²) in [5, 5.41) is 9.58. The van der Waals surface area contributed by atoms with Crippen LogP contribution in [0, 0.1) is 0 Å². The second-order valence-electron chi connectivity index (χ2n) is 8.32. The van der Waals surface area contributed by atoms with Gasteiger partial charge in [0.15, 0.2) is 7.18 Å². The molecule has 2 rings (SSSR count). The van der Waals surface area contributed by atoms with Gasteiger partial charge in [-0.25, -0.2) is 8.42 Å². The average molecular weight is 622 g/mol. The highest BCUT2D eigenvalue weighted by Crippen LogP contribution is 2.20. The van der Waals surface area contributed by atoms with E-state index >= 15 is 0 Å². The monoisotopic (exact) mass is 621 g/mol. The zero-order valence-electron chi connectivity index (χ0n) is 23.4. The Morgan fingerprint density at radius 3 is 2.15 bits per heavy atom. The number of Topliss-reactive ketones (excluding diaryl/α,β-unsaturated/α-hetero) is 1. The van der Waals surface area contributed by atoms with Crippen molar-refractivity contribution in [2.75, 3.05) is 59.0 Å². The molecule has 2 aromatic rings. The van der Waals surface area contributed by atoms with Crippen LogP contribution in [-0.4, -0.2) is 90.6 Å². The van der Waals surface area contributed by atoms with Gasteiger partial charge in [-0.15, -0.1) is 5.10 Å². The molecule has 0 aliphatic rings. The summed E-state index contributed by atoms with van der Waals surface area (Å²) in [6, 6.07) is 6.78. The van der Waals surface area contributed by atoms with E-state index in [4.69, 9.17) is 30.2 Å². The van der Waals surface area contributed by atoms with Crippen molar-refractivity contribution in [3.8, 4) is 11.5 Å². The van der Waals surface area contributed by atoms with Crippen molar-refractivity contribution in [1.29, 1.82) is 1.28 Å². The van der Waals surface area contributed by atoms with Crippen molar-refractivity contribution in [2.45, 2.75) is 37.3 Å². The maximum atomic E-state index is 12.2. The summed E-state index contributed by atoms with van der Waals surface area (Å²) < 4.78 is 59.2. The van der Waals surface area contributed by atoms with Crippen LogP contribution in [0.3, 0.4) is 0 Å². The molecule has 0 aliphatic carbocycles. The summed E-state index contributed by atoms with van der Waals surface area (Å²) in [5.74, 6) is -0.165. The van der Waals surface area contributed by atoms with Crippen molar-refractivity contribution in [3.63, 3.8) is 0 Å². The lowest BCUT2D eigenvalue weighted by atomic mass is 10.0. The molecule has 16 heteroatoms. The number of benzene rings is 1. The van der Waals surface area contributed by atoms with Gasteiger partial charge in [0.25, 0.3) is 0 Å². The standard InChI is InChI=1S/C24H36N4O8S.HOPS/c1-37(31,32)24-28-27-23(36-24)20-6-4-19(5-7-20)18-21(29)8-9-22(30)26-11-3-13-34-15-17-35-16-14-33-12-2-10-25;1-2-3/h4-7H,2-3,8-18,25H2,1H3,(H,26,30);2H/i;2D. The van der Waals surface area contributed by atoms with Crippen molar-refractivity contribution in [2.24, 2.45) is 5.73 Å². The van der Waals surface area contributed by atoms with Crippen LogP contribution in [0.25, 0.3) is 11.5 Å². The number of nitrogens with two attached hydrogens (primary N) is 1. The van der Waals surface area contributed by atoms with Crippen LogP contribution in [0.1, 0.15) is 31.2 Å². The normalized spacial score (nSPS) is 11.8. The van der Waals surface area contributed by atoms with E-state index in [1.54, 1.807) is 24.3 Å². The summed E-state index contributed by atoms with van der Waals surface area (Å²) >= 11 is 3.80. The Hall–Kier alpha value is -2.39. The maximum Gasteiger partial charge on any atom is 0.335 e. The minimum absolute atomic E-state index is 0.0619. The fourth-order valence-corrected chi connectivity index (χ4v) is 3.45. The topological polar surface area (TPSA) is 190 Å². The molecule has 3 N–H and O–H groups in total. The van der Waals surface area contributed by atoms with E-state index in [1.807, 2.05) is 0 Å². The van der Waals surface area contributed by atoms with E-state index in [9.17, 15) is 18.0 Å². The highest BCUT2D eigenvalue weighted by atomic mass is 32.4. The van der Waals surface area contributed by atoms with Gasteiger partial charge in [-0.3, -0.25) is 14.2 Å². The number of hydrogen-bond donors (Lipinski definition) is 2. The number of nitrogens with zero attached hydrogens (tertiary/aromatic N) is 2. The summed E-state index contributed by atoms with van der Waals surface area (Å²) in [5.41, 5.74) is 6.68. The quantitative estimate of drug-likeness (QED) is 0.160. The van der Waals surface area contributed by atoms with Crippen LogP contribution in [0.4, 0.5) is 0 Å². The van der Waals surface area contributed by atoms with Crippen molar-refractivity contribution in [1.82, 2.24) is 15.5 Å². The lowest BCUT2D eigenvalue weighted by Gasteiger charge is -2.07. The Bertz CT molecular complexity index is 1220. The second-order valence-corrected chi connectivity index (χ2v) is 10.8. The van der Waals surface area contributed by atoms with E-state index in [2.05, 4.69) is 27.3 Å². The van der Waals surface area contributed by atoms with E-state index in [0.29, 0.717) is 64.7 Å². The summed E-state index contributed by atoms with van der Waals surface area (Å²) in [6.07, 6.45) is 2.93. The Labute approximate surface area is 241 Å². The van der Waals surface area contributed by atoms with Gasteiger partial charge in [0, 0.05) is 50.8 Å². The third-order valence-corrected chi connectivity index (χ3v) is 5.78. The first-order chi connectivity index (χ1) is 19.5. The van der Waals surface area contributed by atoms with Crippen LogP contribution < -0.4 is 11.1 Å². The molecule has 0 fully saturated rings. The molecule has 1 amide bonds. The van der Waals surface area contributed by atoms with Gasteiger partial charge in [0.05, 0.1) is 26.4 Å². The van der Waals surface area contributed by atoms with E-state index in [0.717, 1.165) is 18.2 Å². The Morgan fingerprint density at radius 1 is 1.02 bits per heavy atom. The van der Waals surface area contributed by atoms with Crippen LogP contribution in [0.2, 0.25) is 0 Å². The van der Waals surface area contributed by atoms with Crippen molar-refractivity contribution >= 4 is 40.5 Å². The Balaban J connectivity index is 0.00000196. The zero-order chi connectivity index (χ0) is 30.5. The largest absolute Gasteiger partial charge is 0.408 e. The molecule has 224 valence electrons. The smallest absolute Gasteiger partial charge is 0.335 e. The molecule has 0 saturated heterocycles. The molecule has 0 spiro atoms. The first kappa shape index (κ1) is 33.8. The maximum absolute atomic E-state index is 12.2. The van der Waals surface area contributed by atoms with Crippen LogP contribution in [0.5, 0.6) is 0 Å². The predicted octanol–water partition coefficient (Wildman–Crippen LogP) is 1.41. The molecule has 40 heavy (non-hydrogen) atoms. The number of carbonyl (C=O) groups is 2. The first-order valence-electron chi connectivity index (χ1n) is 13.0. The number of nitrogens with one attached hydrogen (secondary N) is 1. The Kier molecular flexibility index (Phi) is 18.1. The van der Waals surface area contributed by atoms with Gasteiger partial charge < -0.3 is 29.7 Å². The SMILES string of the molecule is CS(=O)(=O)c1nnc(-c2ccc(CC(=O)CCC(=O)NCCCOCCOCCOCCCN)cc2)o1.[2H]P(=O)=S. The number of aromatic nitrogens is 2. The van der Waals surface area contributed by atoms with E-state index < -0.39 is 22.2 Å². The third-order valence-electron chi connectivity index (χ3n) is 4.98. The van der Waals surface area contributed by atoms with Crippen molar-refractivity contribution < 1.29 is 41.2 Å². The molecule has 1 aromatic carbocycles. The Morgan fingerprint density at radius 2 is 1.60 bits per heavy atom. The molecule has 0 bridgehead atoms. The molecule has 13 nitrogen and oxygen atoms in total. The molecular weight excluding hydrogens is 583 g/mol. The van der Waals surface area contributed by atoms with Crippen molar-refractivity contribution in [3.05, 3.63) is 29.8 Å². The summed E-state index contributed by atoms with van der Waals surface area (Å²) in [7, 11) is -5.62. The zero-order valence-corrected chi connectivity index (χ0v) is 24.9. The highest BCUT2D eigenvalue weighted by molar-refractivity contribution is 7.91. The van der Waals surface area contributed by atoms with Crippen LogP contribution >= 0.6 is 7.18 Å². The molecule has 0 saturated carbocycles. The second kappa shape index (κ2) is 21.4. The summed E-state index contributed by atoms with van der Waals surface area (Å²) in [4.78, 5) is 24.2. The molecule has 1 unspecified atom stereocenters. The van der Waals surface area contributed by atoms with E-state index in [1.165, 1.54) is 0 Å². The molecule has 0 radical (unpaired) electrons. The number of rotatable bonds is 20.